The minimum Gasteiger partial charge on any atom is -0.326 e. The first-order valence-electron chi connectivity index (χ1n) is 9.28. The van der Waals surface area contributed by atoms with E-state index in [0.29, 0.717) is 12.3 Å². The maximum Gasteiger partial charge on any atom is 0.224 e. The van der Waals surface area contributed by atoms with Crippen LogP contribution < -0.4 is 5.32 Å². The Morgan fingerprint density at radius 3 is 3.08 bits per heavy atom. The predicted molar refractivity (Wildman–Crippen MR) is 98.1 cm³/mol. The molecule has 1 aromatic carbocycles. The Labute approximate surface area is 148 Å². The lowest BCUT2D eigenvalue weighted by Crippen LogP contribution is -2.14. The normalized spacial score (nSPS) is 19.4. The third-order valence-electron chi connectivity index (χ3n) is 5.07. The van der Waals surface area contributed by atoms with Crippen LogP contribution in [0.25, 0.3) is 11.4 Å². The molecule has 0 saturated heterocycles. The molecular formula is C20H24N4O. The number of amides is 1. The van der Waals surface area contributed by atoms with Crippen molar-refractivity contribution in [2.75, 3.05) is 5.32 Å². The fourth-order valence-electron chi connectivity index (χ4n) is 3.75. The molecule has 25 heavy (non-hydrogen) atoms. The summed E-state index contributed by atoms with van der Waals surface area (Å²) >= 11 is 0. The van der Waals surface area contributed by atoms with Crippen LogP contribution in [0.15, 0.2) is 36.4 Å². The van der Waals surface area contributed by atoms with Gasteiger partial charge in [0.15, 0.2) is 5.82 Å². The molecule has 4 rings (SSSR count). The number of aromatic nitrogens is 3. The number of nitrogens with zero attached hydrogens (tertiary/aromatic N) is 3. The van der Waals surface area contributed by atoms with Gasteiger partial charge in [-0.3, -0.25) is 4.79 Å². The zero-order chi connectivity index (χ0) is 17.1. The first-order chi connectivity index (χ1) is 12.3. The van der Waals surface area contributed by atoms with Crippen molar-refractivity contribution < 1.29 is 4.79 Å². The summed E-state index contributed by atoms with van der Waals surface area (Å²) in [4.78, 5) is 12.3. The molecule has 0 radical (unpaired) electrons. The number of aryl methyl sites for hydroxylation is 1. The first kappa shape index (κ1) is 16.1. The summed E-state index contributed by atoms with van der Waals surface area (Å²) in [5.41, 5.74) is 1.84. The number of allylic oxidation sites excluding steroid dienone is 2. The SMILES string of the molecule is O=C(CC1C=CCC1)Nc1cccc(-c2nnc3n2CCCCC3)c1. The molecule has 1 amide bonds. The van der Waals surface area contributed by atoms with Gasteiger partial charge in [0, 0.05) is 30.6 Å². The highest BCUT2D eigenvalue weighted by Crippen LogP contribution is 2.26. The number of fused-ring (bicyclic) bond motifs is 1. The summed E-state index contributed by atoms with van der Waals surface area (Å²) < 4.78 is 2.23. The Kier molecular flexibility index (Phi) is 4.63. The molecule has 1 unspecified atom stereocenters. The monoisotopic (exact) mass is 336 g/mol. The van der Waals surface area contributed by atoms with E-state index in [4.69, 9.17) is 0 Å². The van der Waals surface area contributed by atoms with Gasteiger partial charge in [-0.15, -0.1) is 10.2 Å². The number of carbonyl (C=O) groups excluding carboxylic acids is 1. The van der Waals surface area contributed by atoms with Crippen molar-refractivity contribution in [3.05, 3.63) is 42.2 Å². The first-order valence-corrected chi connectivity index (χ1v) is 9.28. The Balaban J connectivity index is 1.51. The molecule has 2 aliphatic rings. The van der Waals surface area contributed by atoms with Gasteiger partial charge in [0.2, 0.25) is 5.91 Å². The number of rotatable bonds is 4. The molecule has 1 aliphatic carbocycles. The van der Waals surface area contributed by atoms with E-state index < -0.39 is 0 Å². The van der Waals surface area contributed by atoms with Gasteiger partial charge >= 0.3 is 0 Å². The molecule has 1 aliphatic heterocycles. The van der Waals surface area contributed by atoms with Crippen molar-refractivity contribution in [1.29, 1.82) is 0 Å². The second-order valence-corrected chi connectivity index (χ2v) is 7.00. The Bertz CT molecular complexity index is 793. The lowest BCUT2D eigenvalue weighted by atomic mass is 10.0. The number of benzene rings is 1. The molecule has 1 atom stereocenters. The third-order valence-corrected chi connectivity index (χ3v) is 5.07. The van der Waals surface area contributed by atoms with Crippen molar-refractivity contribution in [1.82, 2.24) is 14.8 Å². The lowest BCUT2D eigenvalue weighted by molar-refractivity contribution is -0.116. The van der Waals surface area contributed by atoms with E-state index in [-0.39, 0.29) is 5.91 Å². The molecule has 2 aromatic rings. The molecule has 1 aromatic heterocycles. The topological polar surface area (TPSA) is 59.8 Å². The molecule has 5 nitrogen and oxygen atoms in total. The van der Waals surface area contributed by atoms with Crippen LogP contribution in [0.4, 0.5) is 5.69 Å². The van der Waals surface area contributed by atoms with Crippen LogP contribution >= 0.6 is 0 Å². The summed E-state index contributed by atoms with van der Waals surface area (Å²) in [5.74, 6) is 2.45. The van der Waals surface area contributed by atoms with E-state index in [0.717, 1.165) is 48.7 Å². The van der Waals surface area contributed by atoms with Gasteiger partial charge in [0.25, 0.3) is 0 Å². The number of anilines is 1. The summed E-state index contributed by atoms with van der Waals surface area (Å²) in [6.07, 6.45) is 11.6. The fraction of sp³-hybridized carbons (Fsp3) is 0.450. The molecular weight excluding hydrogens is 312 g/mol. The largest absolute Gasteiger partial charge is 0.326 e. The van der Waals surface area contributed by atoms with Crippen LogP contribution in [0.5, 0.6) is 0 Å². The predicted octanol–water partition coefficient (Wildman–Crippen LogP) is 3.97. The van der Waals surface area contributed by atoms with Crippen LogP contribution in [-0.2, 0) is 17.8 Å². The van der Waals surface area contributed by atoms with E-state index in [1.54, 1.807) is 0 Å². The average Bonchev–Trinajstić information content (AvgIpc) is 3.20. The number of nitrogens with one attached hydrogen (secondary N) is 1. The molecule has 0 bridgehead atoms. The fourth-order valence-corrected chi connectivity index (χ4v) is 3.75. The van der Waals surface area contributed by atoms with Gasteiger partial charge in [-0.05, 0) is 43.7 Å². The van der Waals surface area contributed by atoms with Crippen LogP contribution in [0.3, 0.4) is 0 Å². The molecule has 0 saturated carbocycles. The van der Waals surface area contributed by atoms with Crippen molar-refractivity contribution in [2.45, 2.75) is 51.5 Å². The van der Waals surface area contributed by atoms with Crippen LogP contribution in [0, 0.1) is 5.92 Å². The summed E-state index contributed by atoms with van der Waals surface area (Å²) in [6, 6.07) is 7.95. The maximum absolute atomic E-state index is 12.3. The van der Waals surface area contributed by atoms with E-state index in [2.05, 4.69) is 32.2 Å². The number of carbonyl (C=O) groups is 1. The van der Waals surface area contributed by atoms with Gasteiger partial charge in [0.1, 0.15) is 5.82 Å². The Morgan fingerprint density at radius 2 is 2.20 bits per heavy atom. The Hall–Kier alpha value is -2.43. The quantitative estimate of drug-likeness (QED) is 0.860. The number of hydrogen-bond donors (Lipinski definition) is 1. The summed E-state index contributed by atoms with van der Waals surface area (Å²) in [6.45, 7) is 0.974. The van der Waals surface area contributed by atoms with Gasteiger partial charge in [-0.25, -0.2) is 0 Å². The van der Waals surface area contributed by atoms with Gasteiger partial charge in [-0.1, -0.05) is 30.7 Å². The number of hydrogen-bond acceptors (Lipinski definition) is 3. The minimum absolute atomic E-state index is 0.0776. The van der Waals surface area contributed by atoms with Crippen molar-refractivity contribution in [2.24, 2.45) is 5.92 Å². The van der Waals surface area contributed by atoms with Gasteiger partial charge < -0.3 is 9.88 Å². The second kappa shape index (κ2) is 7.21. The van der Waals surface area contributed by atoms with Crippen molar-refractivity contribution >= 4 is 11.6 Å². The lowest BCUT2D eigenvalue weighted by Gasteiger charge is -2.11. The Morgan fingerprint density at radius 1 is 1.24 bits per heavy atom. The van der Waals surface area contributed by atoms with Crippen LogP contribution in [0.1, 0.15) is 44.3 Å². The maximum atomic E-state index is 12.3. The second-order valence-electron chi connectivity index (χ2n) is 7.00. The molecule has 5 heteroatoms. The van der Waals surface area contributed by atoms with Crippen LogP contribution in [0.2, 0.25) is 0 Å². The zero-order valence-electron chi connectivity index (χ0n) is 14.4. The highest BCUT2D eigenvalue weighted by Gasteiger charge is 2.17. The van der Waals surface area contributed by atoms with Gasteiger partial charge in [-0.2, -0.15) is 0 Å². The van der Waals surface area contributed by atoms with Crippen LogP contribution in [-0.4, -0.2) is 20.7 Å². The third kappa shape index (κ3) is 3.65. The summed E-state index contributed by atoms with van der Waals surface area (Å²) in [5, 5.41) is 11.8. The van der Waals surface area contributed by atoms with E-state index >= 15 is 0 Å². The van der Waals surface area contributed by atoms with E-state index in [1.807, 2.05) is 24.3 Å². The molecule has 1 N–H and O–H groups in total. The van der Waals surface area contributed by atoms with Gasteiger partial charge in [0.05, 0.1) is 0 Å². The van der Waals surface area contributed by atoms with Crippen molar-refractivity contribution in [3.8, 4) is 11.4 Å². The minimum atomic E-state index is 0.0776. The molecule has 0 spiro atoms. The smallest absolute Gasteiger partial charge is 0.224 e. The highest BCUT2D eigenvalue weighted by atomic mass is 16.1. The standard InChI is InChI=1S/C20H24N4O/c25-19(13-15-7-3-4-8-15)21-17-10-6-9-16(14-17)20-23-22-18-11-2-1-5-12-24(18)20/h3,6-7,9-10,14-15H,1-2,4-5,8,11-13H2,(H,21,25). The zero-order valence-corrected chi connectivity index (χ0v) is 14.4. The molecule has 2 heterocycles. The highest BCUT2D eigenvalue weighted by molar-refractivity contribution is 5.91. The average molecular weight is 336 g/mol. The van der Waals surface area contributed by atoms with E-state index in [9.17, 15) is 4.79 Å². The molecule has 0 fully saturated rings. The van der Waals surface area contributed by atoms with Crippen molar-refractivity contribution in [3.63, 3.8) is 0 Å². The molecule has 130 valence electrons. The van der Waals surface area contributed by atoms with E-state index in [1.165, 1.54) is 19.3 Å². The summed E-state index contributed by atoms with van der Waals surface area (Å²) in [7, 11) is 0.